The lowest BCUT2D eigenvalue weighted by Crippen LogP contribution is -2.41. The van der Waals surface area contributed by atoms with Gasteiger partial charge >= 0.3 is 0 Å². The van der Waals surface area contributed by atoms with Crippen LogP contribution in [0.4, 0.5) is 0 Å². The van der Waals surface area contributed by atoms with Crippen LogP contribution in [0, 0.1) is 25.7 Å². The maximum atomic E-state index is 12.3. The molecule has 0 aliphatic heterocycles. The van der Waals surface area contributed by atoms with E-state index in [9.17, 15) is 14.7 Å². The number of nitrogens with zero attached hydrogens (tertiary/aromatic N) is 2. The van der Waals surface area contributed by atoms with Crippen LogP contribution in [-0.4, -0.2) is 21.7 Å². The highest BCUT2D eigenvalue weighted by Crippen LogP contribution is 2.27. The van der Waals surface area contributed by atoms with Gasteiger partial charge in [-0.05, 0) is 32.8 Å². The first kappa shape index (κ1) is 12.5. The zero-order valence-corrected chi connectivity index (χ0v) is 10.4. The van der Waals surface area contributed by atoms with Crippen molar-refractivity contribution in [2.75, 3.05) is 0 Å². The molecule has 96 valence electrons. The van der Waals surface area contributed by atoms with Crippen LogP contribution >= 0.6 is 0 Å². The summed E-state index contributed by atoms with van der Waals surface area (Å²) >= 11 is 0. The molecule has 1 aromatic rings. The van der Waals surface area contributed by atoms with Gasteiger partial charge in [-0.2, -0.15) is 5.10 Å². The van der Waals surface area contributed by atoms with E-state index in [0.717, 1.165) is 11.4 Å². The summed E-state index contributed by atoms with van der Waals surface area (Å²) in [4.78, 5) is 23.4. The number of carbonyl (C=O) groups excluding carboxylic acids is 2. The van der Waals surface area contributed by atoms with Crippen LogP contribution in [0.1, 0.15) is 29.0 Å². The van der Waals surface area contributed by atoms with Gasteiger partial charge in [0.1, 0.15) is 0 Å². The Bertz CT molecular complexity index is 516. The predicted molar refractivity (Wildman–Crippen MR) is 62.7 cm³/mol. The van der Waals surface area contributed by atoms with Crippen molar-refractivity contribution in [3.63, 3.8) is 0 Å². The lowest BCUT2D eigenvalue weighted by atomic mass is 9.82. The number of hydrogen-bond acceptors (Lipinski definition) is 4. The Hall–Kier alpha value is -1.91. The third-order valence-corrected chi connectivity index (χ3v) is 3.27. The molecule has 1 aromatic heterocycles. The average Bonchev–Trinajstić information content (AvgIpc) is 2.67. The minimum absolute atomic E-state index is 0.265. The minimum atomic E-state index is -1.17. The van der Waals surface area contributed by atoms with Crippen LogP contribution in [0.25, 0.3) is 0 Å². The molecule has 0 radical (unpaired) electrons. The van der Waals surface area contributed by atoms with E-state index in [2.05, 4.69) is 5.10 Å². The average molecular weight is 247 g/mol. The fourth-order valence-corrected chi connectivity index (χ4v) is 2.36. The van der Waals surface area contributed by atoms with Crippen molar-refractivity contribution in [1.29, 1.82) is 0 Å². The SMILES string of the molecule is Cc1cc(C)n(C(=O)[C@H]2CC=CC[C@H]2C(=O)[O-])n1. The molecule has 2 atom stereocenters. The molecule has 1 aliphatic rings. The minimum Gasteiger partial charge on any atom is -0.550 e. The molecule has 0 spiro atoms. The van der Waals surface area contributed by atoms with Crippen LogP contribution in [0.2, 0.25) is 0 Å². The second kappa shape index (κ2) is 4.76. The molecule has 0 unspecified atom stereocenters. The molecule has 2 rings (SSSR count). The molecule has 0 amide bonds. The Morgan fingerprint density at radius 2 is 1.89 bits per heavy atom. The van der Waals surface area contributed by atoms with Gasteiger partial charge in [0.05, 0.1) is 11.6 Å². The topological polar surface area (TPSA) is 75.0 Å². The van der Waals surface area contributed by atoms with Crippen LogP contribution < -0.4 is 5.11 Å². The van der Waals surface area contributed by atoms with Gasteiger partial charge < -0.3 is 9.90 Å². The van der Waals surface area contributed by atoms with Crippen molar-refractivity contribution in [1.82, 2.24) is 9.78 Å². The normalized spacial score (nSPS) is 23.0. The van der Waals surface area contributed by atoms with Gasteiger partial charge in [0, 0.05) is 17.6 Å². The molecule has 0 saturated carbocycles. The van der Waals surface area contributed by atoms with E-state index in [1.165, 1.54) is 4.68 Å². The van der Waals surface area contributed by atoms with Crippen molar-refractivity contribution >= 4 is 11.9 Å². The number of rotatable bonds is 2. The van der Waals surface area contributed by atoms with Crippen LogP contribution in [0.15, 0.2) is 18.2 Å². The molecule has 0 bridgehead atoms. The highest BCUT2D eigenvalue weighted by Gasteiger charge is 2.31. The van der Waals surface area contributed by atoms with Crippen molar-refractivity contribution in [3.8, 4) is 0 Å². The van der Waals surface area contributed by atoms with E-state index in [1.54, 1.807) is 26.0 Å². The summed E-state index contributed by atoms with van der Waals surface area (Å²) in [5, 5.41) is 15.2. The number of carboxylic acids is 1. The van der Waals surface area contributed by atoms with E-state index in [1.807, 2.05) is 6.08 Å². The number of carboxylic acid groups (broad SMARTS) is 1. The highest BCUT2D eigenvalue weighted by molar-refractivity contribution is 5.86. The third kappa shape index (κ3) is 2.20. The quantitative estimate of drug-likeness (QED) is 0.712. The molecule has 18 heavy (non-hydrogen) atoms. The Kier molecular flexibility index (Phi) is 3.32. The molecule has 0 aromatic carbocycles. The number of allylic oxidation sites excluding steroid dienone is 2. The monoisotopic (exact) mass is 247 g/mol. The van der Waals surface area contributed by atoms with E-state index in [-0.39, 0.29) is 5.91 Å². The highest BCUT2D eigenvalue weighted by atomic mass is 16.4. The smallest absolute Gasteiger partial charge is 0.251 e. The van der Waals surface area contributed by atoms with E-state index >= 15 is 0 Å². The summed E-state index contributed by atoms with van der Waals surface area (Å²) in [6.45, 7) is 3.58. The van der Waals surface area contributed by atoms with Crippen LogP contribution in [0.5, 0.6) is 0 Å². The zero-order valence-electron chi connectivity index (χ0n) is 10.4. The van der Waals surface area contributed by atoms with E-state index in [0.29, 0.717) is 12.8 Å². The molecule has 5 heteroatoms. The molecule has 5 nitrogen and oxygen atoms in total. The largest absolute Gasteiger partial charge is 0.550 e. The van der Waals surface area contributed by atoms with Crippen molar-refractivity contribution in [3.05, 3.63) is 29.6 Å². The first-order valence-corrected chi connectivity index (χ1v) is 5.94. The maximum Gasteiger partial charge on any atom is 0.251 e. The second-order valence-corrected chi connectivity index (χ2v) is 4.65. The van der Waals surface area contributed by atoms with Crippen LogP contribution in [0.3, 0.4) is 0 Å². The van der Waals surface area contributed by atoms with Gasteiger partial charge in [-0.3, -0.25) is 4.79 Å². The van der Waals surface area contributed by atoms with Crippen LogP contribution in [-0.2, 0) is 4.79 Å². The van der Waals surface area contributed by atoms with Crippen molar-refractivity contribution in [2.45, 2.75) is 26.7 Å². The van der Waals surface area contributed by atoms with Gasteiger partial charge in [0.2, 0.25) is 0 Å². The summed E-state index contributed by atoms with van der Waals surface area (Å²) in [7, 11) is 0. The Labute approximate surface area is 105 Å². The lowest BCUT2D eigenvalue weighted by Gasteiger charge is -2.27. The number of aliphatic carboxylic acids is 1. The lowest BCUT2D eigenvalue weighted by molar-refractivity contribution is -0.312. The molecule has 1 heterocycles. The summed E-state index contributed by atoms with van der Waals surface area (Å²) in [6.07, 6.45) is 4.40. The summed E-state index contributed by atoms with van der Waals surface area (Å²) in [5.74, 6) is -2.78. The molecule has 1 aliphatic carbocycles. The van der Waals surface area contributed by atoms with Gasteiger partial charge in [-0.1, -0.05) is 12.2 Å². The predicted octanol–water partition coefficient (Wildman–Crippen LogP) is 0.472. The van der Waals surface area contributed by atoms with Crippen molar-refractivity contribution < 1.29 is 14.7 Å². The summed E-state index contributed by atoms with van der Waals surface area (Å²) in [6, 6.07) is 1.80. The first-order chi connectivity index (χ1) is 8.50. The Morgan fingerprint density at radius 1 is 1.28 bits per heavy atom. The third-order valence-electron chi connectivity index (χ3n) is 3.27. The number of hydrogen-bond donors (Lipinski definition) is 0. The molecule has 0 saturated heterocycles. The van der Waals surface area contributed by atoms with Gasteiger partial charge in [0.25, 0.3) is 5.91 Å². The van der Waals surface area contributed by atoms with E-state index in [4.69, 9.17) is 0 Å². The summed E-state index contributed by atoms with van der Waals surface area (Å²) < 4.78 is 1.30. The zero-order chi connectivity index (χ0) is 13.3. The Balaban J connectivity index is 2.30. The molecular formula is C13H15N2O3-. The summed E-state index contributed by atoms with van der Waals surface area (Å²) in [5.41, 5.74) is 1.47. The number of aromatic nitrogens is 2. The van der Waals surface area contributed by atoms with E-state index < -0.39 is 17.8 Å². The second-order valence-electron chi connectivity index (χ2n) is 4.65. The number of aryl methyl sites for hydroxylation is 2. The number of carbonyl (C=O) groups is 2. The van der Waals surface area contributed by atoms with Gasteiger partial charge in [-0.15, -0.1) is 0 Å². The fraction of sp³-hybridized carbons (Fsp3) is 0.462. The van der Waals surface area contributed by atoms with Gasteiger partial charge in [0.15, 0.2) is 0 Å². The maximum absolute atomic E-state index is 12.3. The molecule has 0 fully saturated rings. The fourth-order valence-electron chi connectivity index (χ4n) is 2.36. The molecular weight excluding hydrogens is 232 g/mol. The molecule has 0 N–H and O–H groups in total. The first-order valence-electron chi connectivity index (χ1n) is 5.94. The van der Waals surface area contributed by atoms with Gasteiger partial charge in [-0.25, -0.2) is 4.68 Å². The standard InChI is InChI=1S/C13H16N2O3/c1-8-7-9(2)15(14-8)12(16)10-5-3-4-6-11(10)13(17)18/h3-4,7,10-11H,5-6H2,1-2H3,(H,17,18)/p-1/t10-,11+/m0/s1. The Morgan fingerprint density at radius 3 is 2.39 bits per heavy atom. The van der Waals surface area contributed by atoms with Crippen molar-refractivity contribution in [2.24, 2.45) is 11.8 Å².